The van der Waals surface area contributed by atoms with Gasteiger partial charge in [0.2, 0.25) is 0 Å². The zero-order valence-electron chi connectivity index (χ0n) is 10.8. The van der Waals surface area contributed by atoms with Gasteiger partial charge in [-0.25, -0.2) is 16.8 Å². The van der Waals surface area contributed by atoms with Crippen molar-refractivity contribution >= 4 is 25.5 Å². The molecule has 0 heterocycles. The van der Waals surface area contributed by atoms with Crippen molar-refractivity contribution in [2.24, 2.45) is 0 Å². The number of carbonyl (C=O) groups is 1. The van der Waals surface area contributed by atoms with Crippen LogP contribution in [0.4, 0.5) is 0 Å². The molecule has 0 bridgehead atoms. The van der Waals surface area contributed by atoms with Crippen LogP contribution in [0.3, 0.4) is 0 Å². The Morgan fingerprint density at radius 2 is 1.47 bits per heavy atom. The SMILES string of the molecule is CCCC(=O)CS(=O)(=O)c1ccc(S(C)(=O)=O)cc1. The molecule has 0 fully saturated rings. The first-order valence-electron chi connectivity index (χ1n) is 5.71. The Kier molecular flexibility index (Phi) is 4.86. The minimum absolute atomic E-state index is 0.0376. The molecule has 7 heteroatoms. The maximum atomic E-state index is 11.9. The molecule has 0 unspecified atom stereocenters. The molecular weight excluding hydrogens is 288 g/mol. The molecule has 1 aromatic rings. The van der Waals surface area contributed by atoms with Crippen molar-refractivity contribution in [2.45, 2.75) is 29.6 Å². The summed E-state index contributed by atoms with van der Waals surface area (Å²) in [6.07, 6.45) is 1.86. The maximum Gasteiger partial charge on any atom is 0.185 e. The largest absolute Gasteiger partial charge is 0.299 e. The average Bonchev–Trinajstić information content (AvgIpc) is 2.27. The van der Waals surface area contributed by atoms with Gasteiger partial charge in [0.25, 0.3) is 0 Å². The van der Waals surface area contributed by atoms with E-state index in [-0.39, 0.29) is 22.0 Å². The second-order valence-corrected chi connectivity index (χ2v) is 8.30. The Hall–Kier alpha value is -1.21. The zero-order chi connectivity index (χ0) is 14.7. The van der Waals surface area contributed by atoms with Crippen LogP contribution in [0, 0.1) is 0 Å². The highest BCUT2D eigenvalue weighted by atomic mass is 32.2. The highest BCUT2D eigenvalue weighted by Gasteiger charge is 2.19. The van der Waals surface area contributed by atoms with Gasteiger partial charge in [-0.3, -0.25) is 4.79 Å². The lowest BCUT2D eigenvalue weighted by atomic mass is 10.3. The monoisotopic (exact) mass is 304 g/mol. The molecule has 5 nitrogen and oxygen atoms in total. The van der Waals surface area contributed by atoms with Crippen LogP contribution in [-0.4, -0.2) is 34.6 Å². The third-order valence-electron chi connectivity index (χ3n) is 2.49. The molecule has 0 aliphatic rings. The van der Waals surface area contributed by atoms with Gasteiger partial charge in [0.1, 0.15) is 11.5 Å². The van der Waals surface area contributed by atoms with Gasteiger partial charge in [-0.1, -0.05) is 6.92 Å². The molecule has 0 aliphatic heterocycles. The van der Waals surface area contributed by atoms with E-state index < -0.39 is 25.4 Å². The lowest BCUT2D eigenvalue weighted by Crippen LogP contribution is -2.16. The summed E-state index contributed by atoms with van der Waals surface area (Å²) in [6.45, 7) is 1.80. The Morgan fingerprint density at radius 1 is 1.00 bits per heavy atom. The number of rotatable bonds is 6. The highest BCUT2D eigenvalue weighted by Crippen LogP contribution is 2.16. The van der Waals surface area contributed by atoms with Crippen LogP contribution in [0.1, 0.15) is 19.8 Å². The fourth-order valence-corrected chi connectivity index (χ4v) is 3.46. The predicted molar refractivity (Wildman–Crippen MR) is 71.5 cm³/mol. The molecule has 1 aromatic carbocycles. The van der Waals surface area contributed by atoms with Gasteiger partial charge in [0.05, 0.1) is 9.79 Å². The second kappa shape index (κ2) is 5.83. The Labute approximate surface area is 113 Å². The molecule has 0 amide bonds. The molecular formula is C12H16O5S2. The van der Waals surface area contributed by atoms with Crippen LogP contribution in [0.2, 0.25) is 0 Å². The smallest absolute Gasteiger partial charge is 0.185 e. The summed E-state index contributed by atoms with van der Waals surface area (Å²) in [5.74, 6) is -0.881. The number of hydrogen-bond acceptors (Lipinski definition) is 5. The first kappa shape index (κ1) is 15.8. The minimum Gasteiger partial charge on any atom is -0.299 e. The Morgan fingerprint density at radius 3 is 1.89 bits per heavy atom. The van der Waals surface area contributed by atoms with Crippen LogP contribution in [0.5, 0.6) is 0 Å². The van der Waals surface area contributed by atoms with Crippen LogP contribution >= 0.6 is 0 Å². The summed E-state index contributed by atoms with van der Waals surface area (Å²) in [6, 6.07) is 4.88. The van der Waals surface area contributed by atoms with E-state index in [9.17, 15) is 21.6 Å². The topological polar surface area (TPSA) is 85.3 Å². The first-order valence-corrected chi connectivity index (χ1v) is 9.26. The van der Waals surface area contributed by atoms with Crippen molar-refractivity contribution in [1.82, 2.24) is 0 Å². The molecule has 19 heavy (non-hydrogen) atoms. The minimum atomic E-state index is -3.69. The number of hydrogen-bond donors (Lipinski definition) is 0. The van der Waals surface area contributed by atoms with E-state index in [2.05, 4.69) is 0 Å². The summed E-state index contributed by atoms with van der Waals surface area (Å²) in [7, 11) is -7.05. The molecule has 0 aliphatic carbocycles. The van der Waals surface area contributed by atoms with Gasteiger partial charge in [-0.05, 0) is 30.7 Å². The van der Waals surface area contributed by atoms with Crippen molar-refractivity contribution in [1.29, 1.82) is 0 Å². The summed E-state index contributed by atoms with van der Waals surface area (Å²) >= 11 is 0. The third kappa shape index (κ3) is 4.43. The fraction of sp³-hybridized carbons (Fsp3) is 0.417. The highest BCUT2D eigenvalue weighted by molar-refractivity contribution is 7.92. The molecule has 0 saturated heterocycles. The molecule has 0 saturated carbocycles. The number of sulfone groups is 2. The van der Waals surface area contributed by atoms with Crippen molar-refractivity contribution in [3.8, 4) is 0 Å². The summed E-state index contributed by atoms with van der Waals surface area (Å²) in [5, 5.41) is 0. The van der Waals surface area contributed by atoms with Crippen LogP contribution in [0.25, 0.3) is 0 Å². The van der Waals surface area contributed by atoms with Gasteiger partial charge in [-0.15, -0.1) is 0 Å². The fourth-order valence-electron chi connectivity index (χ4n) is 1.54. The third-order valence-corrected chi connectivity index (χ3v) is 5.31. The normalized spacial score (nSPS) is 12.3. The van der Waals surface area contributed by atoms with E-state index in [4.69, 9.17) is 0 Å². The molecule has 0 atom stereocenters. The van der Waals surface area contributed by atoms with Crippen LogP contribution in [-0.2, 0) is 24.5 Å². The van der Waals surface area contributed by atoms with Gasteiger partial charge in [0.15, 0.2) is 19.7 Å². The molecule has 106 valence electrons. The van der Waals surface area contributed by atoms with E-state index in [0.29, 0.717) is 6.42 Å². The molecule has 0 spiro atoms. The zero-order valence-corrected chi connectivity index (χ0v) is 12.4. The Balaban J connectivity index is 3.01. The van der Waals surface area contributed by atoms with Gasteiger partial charge >= 0.3 is 0 Å². The van der Waals surface area contributed by atoms with Crippen molar-refractivity contribution in [3.63, 3.8) is 0 Å². The standard InChI is InChI=1S/C12H16O5S2/c1-3-4-10(13)9-19(16,17)12-7-5-11(6-8-12)18(2,14)15/h5-8H,3-4,9H2,1-2H3. The van der Waals surface area contributed by atoms with Crippen molar-refractivity contribution in [3.05, 3.63) is 24.3 Å². The molecule has 1 rings (SSSR count). The summed E-state index contributed by atoms with van der Waals surface area (Å²) in [4.78, 5) is 11.4. The lowest BCUT2D eigenvalue weighted by molar-refractivity contribution is -0.116. The Bertz CT molecular complexity index is 655. The maximum absolute atomic E-state index is 11.9. The van der Waals surface area contributed by atoms with Gasteiger partial charge in [-0.2, -0.15) is 0 Å². The van der Waals surface area contributed by atoms with Crippen LogP contribution < -0.4 is 0 Å². The second-order valence-electron chi connectivity index (χ2n) is 4.29. The van der Waals surface area contributed by atoms with E-state index in [0.717, 1.165) is 6.26 Å². The molecule has 0 radical (unpaired) electrons. The predicted octanol–water partition coefficient (Wildman–Crippen LogP) is 1.23. The molecule has 0 N–H and O–H groups in total. The van der Waals surface area contributed by atoms with E-state index >= 15 is 0 Å². The average molecular weight is 304 g/mol. The van der Waals surface area contributed by atoms with Crippen LogP contribution in [0.15, 0.2) is 34.1 Å². The van der Waals surface area contributed by atoms with E-state index in [1.807, 2.05) is 0 Å². The van der Waals surface area contributed by atoms with Crippen molar-refractivity contribution in [2.75, 3.05) is 12.0 Å². The lowest BCUT2D eigenvalue weighted by Gasteiger charge is -2.04. The first-order chi connectivity index (χ1) is 8.66. The van der Waals surface area contributed by atoms with E-state index in [1.54, 1.807) is 6.92 Å². The summed E-state index contributed by atoms with van der Waals surface area (Å²) < 4.78 is 46.3. The molecule has 0 aromatic heterocycles. The quantitative estimate of drug-likeness (QED) is 0.789. The number of Topliss-reactive ketones (excluding diaryl/α,β-unsaturated/α-hetero) is 1. The van der Waals surface area contributed by atoms with Gasteiger partial charge in [0, 0.05) is 12.7 Å². The van der Waals surface area contributed by atoms with E-state index in [1.165, 1.54) is 24.3 Å². The van der Waals surface area contributed by atoms with Gasteiger partial charge < -0.3 is 0 Å². The van der Waals surface area contributed by atoms with Crippen molar-refractivity contribution < 1.29 is 21.6 Å². The summed E-state index contributed by atoms with van der Waals surface area (Å²) in [5.41, 5.74) is 0. The number of benzene rings is 1. The number of ketones is 1. The number of carbonyl (C=O) groups excluding carboxylic acids is 1.